The first-order valence-corrected chi connectivity index (χ1v) is 17.3. The van der Waals surface area contributed by atoms with Crippen LogP contribution >= 0.6 is 0 Å². The summed E-state index contributed by atoms with van der Waals surface area (Å²) in [4.78, 5) is 17.9. The van der Waals surface area contributed by atoms with Crippen LogP contribution in [-0.4, -0.2) is 39.4 Å². The van der Waals surface area contributed by atoms with Crippen LogP contribution in [-0.2, 0) is 39.0 Å². The third-order valence-corrected chi connectivity index (χ3v) is 8.95. The van der Waals surface area contributed by atoms with Gasteiger partial charge in [-0.25, -0.2) is 4.98 Å². The summed E-state index contributed by atoms with van der Waals surface area (Å²) in [6, 6.07) is 22.0. The van der Waals surface area contributed by atoms with Gasteiger partial charge >= 0.3 is 0 Å². The first-order chi connectivity index (χ1) is 21.9. The van der Waals surface area contributed by atoms with Gasteiger partial charge in [0.05, 0.1) is 35.2 Å². The highest BCUT2D eigenvalue weighted by molar-refractivity contribution is 7.84. The molecule has 0 aliphatic carbocycles. The number of imidazole rings is 1. The number of allylic oxidation sites excluding steroid dienone is 1. The Morgan fingerprint density at radius 3 is 2.40 bits per heavy atom. The Morgan fingerprint density at radius 2 is 1.69 bits per heavy atom. The molecule has 0 bridgehead atoms. The number of ether oxygens (including phenoxy) is 2. The number of hydrogen-bond acceptors (Lipinski definition) is 5. The lowest BCUT2D eigenvalue weighted by Gasteiger charge is -2.13. The van der Waals surface area contributed by atoms with Crippen molar-refractivity contribution in [1.29, 1.82) is 0 Å². The van der Waals surface area contributed by atoms with Crippen molar-refractivity contribution in [3.05, 3.63) is 108 Å². The van der Waals surface area contributed by atoms with Crippen LogP contribution in [0.25, 0.3) is 17.2 Å². The zero-order chi connectivity index (χ0) is 32.0. The van der Waals surface area contributed by atoms with Gasteiger partial charge in [-0.2, -0.15) is 0 Å². The van der Waals surface area contributed by atoms with Crippen LogP contribution in [0.3, 0.4) is 0 Å². The lowest BCUT2D eigenvalue weighted by molar-refractivity contribution is -0.113. The summed E-state index contributed by atoms with van der Waals surface area (Å²) in [6.45, 7) is 11.3. The van der Waals surface area contributed by atoms with E-state index in [2.05, 4.69) is 67.6 Å². The molecule has 0 amide bonds. The molecule has 238 valence electrons. The largest absolute Gasteiger partial charge is 0.491 e. The first-order valence-electron chi connectivity index (χ1n) is 16.0. The number of aryl methyl sites for hydroxylation is 1. The number of rotatable bonds is 18. The second kappa shape index (κ2) is 17.6. The van der Waals surface area contributed by atoms with Gasteiger partial charge in [0.1, 0.15) is 12.4 Å². The van der Waals surface area contributed by atoms with E-state index in [-0.39, 0.29) is 12.2 Å². The quantitative estimate of drug-likeness (QED) is 0.0819. The monoisotopic (exact) mass is 626 g/mol. The molecule has 0 aliphatic heterocycles. The predicted molar refractivity (Wildman–Crippen MR) is 184 cm³/mol. The van der Waals surface area contributed by atoms with Crippen LogP contribution in [0.5, 0.6) is 5.75 Å². The van der Waals surface area contributed by atoms with E-state index in [1.807, 2.05) is 42.5 Å². The molecule has 0 aliphatic rings. The number of ketones is 1. The first kappa shape index (κ1) is 34.1. The fraction of sp³-hybridized carbons (Fsp3) is 0.368. The molecule has 0 saturated heterocycles. The zero-order valence-electron chi connectivity index (χ0n) is 27.0. The molecule has 0 N–H and O–H groups in total. The molecule has 3 aromatic carbocycles. The molecule has 0 radical (unpaired) electrons. The number of benzene rings is 3. The number of aromatic nitrogens is 2. The summed E-state index contributed by atoms with van der Waals surface area (Å²) >= 11 is 0. The van der Waals surface area contributed by atoms with Gasteiger partial charge in [0.25, 0.3) is 0 Å². The van der Waals surface area contributed by atoms with E-state index in [4.69, 9.17) is 9.47 Å². The summed E-state index contributed by atoms with van der Waals surface area (Å²) in [6.07, 6.45) is 10.7. The van der Waals surface area contributed by atoms with Crippen LogP contribution in [0.15, 0.2) is 90.2 Å². The predicted octanol–water partition coefficient (Wildman–Crippen LogP) is 8.41. The number of nitrogens with zero attached hydrogens (tertiary/aromatic N) is 2. The fourth-order valence-corrected chi connectivity index (χ4v) is 6.18. The Balaban J connectivity index is 1.36. The maximum Gasteiger partial charge on any atom is 0.160 e. The zero-order valence-corrected chi connectivity index (χ0v) is 27.9. The molecule has 0 fully saturated rings. The second-order valence-corrected chi connectivity index (χ2v) is 13.0. The number of hydrogen-bond donors (Lipinski definition) is 0. The van der Waals surface area contributed by atoms with Crippen molar-refractivity contribution in [2.45, 2.75) is 76.5 Å². The van der Waals surface area contributed by atoms with Crippen molar-refractivity contribution in [3.63, 3.8) is 0 Å². The van der Waals surface area contributed by atoms with Crippen LogP contribution in [0.2, 0.25) is 0 Å². The fourth-order valence-electron chi connectivity index (χ4n) is 5.07. The molecule has 1 atom stereocenters. The van der Waals surface area contributed by atoms with Crippen LogP contribution in [0.1, 0.15) is 75.3 Å². The molecule has 1 unspecified atom stereocenters. The highest BCUT2D eigenvalue weighted by Crippen LogP contribution is 2.29. The normalized spacial score (nSPS) is 12.2. The smallest absolute Gasteiger partial charge is 0.160 e. The van der Waals surface area contributed by atoms with Crippen molar-refractivity contribution >= 4 is 22.7 Å². The van der Waals surface area contributed by atoms with Gasteiger partial charge in [-0.1, -0.05) is 76.6 Å². The highest BCUT2D eigenvalue weighted by atomic mass is 32.2. The van der Waals surface area contributed by atoms with Crippen LogP contribution in [0, 0.1) is 0 Å². The molecular formula is C38H46N2O4S. The van der Waals surface area contributed by atoms with Gasteiger partial charge in [0.2, 0.25) is 0 Å². The van der Waals surface area contributed by atoms with Gasteiger partial charge in [0.15, 0.2) is 5.78 Å². The molecule has 45 heavy (non-hydrogen) atoms. The Bertz CT molecular complexity index is 1560. The van der Waals surface area contributed by atoms with Crippen molar-refractivity contribution in [1.82, 2.24) is 9.55 Å². The summed E-state index contributed by atoms with van der Waals surface area (Å²) in [5.41, 5.74) is 6.27. The summed E-state index contributed by atoms with van der Waals surface area (Å²) in [7, 11) is -1.18. The third kappa shape index (κ3) is 10.4. The Labute approximate surface area is 271 Å². The van der Waals surface area contributed by atoms with E-state index in [0.29, 0.717) is 24.9 Å². The molecule has 6 nitrogen and oxygen atoms in total. The van der Waals surface area contributed by atoms with E-state index in [1.165, 1.54) is 5.56 Å². The average molecular weight is 627 g/mol. The molecule has 7 heteroatoms. The molecule has 0 spiro atoms. The number of carbonyl (C=O) groups excluding carboxylic acids is 1. The van der Waals surface area contributed by atoms with E-state index < -0.39 is 10.8 Å². The average Bonchev–Trinajstić information content (AvgIpc) is 3.48. The van der Waals surface area contributed by atoms with E-state index in [1.54, 1.807) is 18.6 Å². The minimum Gasteiger partial charge on any atom is -0.491 e. The minimum atomic E-state index is -1.18. The minimum absolute atomic E-state index is 0.0209. The lowest BCUT2D eigenvalue weighted by Crippen LogP contribution is -2.07. The molecular weight excluding hydrogens is 580 g/mol. The van der Waals surface area contributed by atoms with Crippen molar-refractivity contribution in [3.8, 4) is 16.9 Å². The summed E-state index contributed by atoms with van der Waals surface area (Å²) in [5.74, 6) is 1.58. The van der Waals surface area contributed by atoms with Crippen LogP contribution < -0.4 is 4.74 Å². The number of carbonyl (C=O) groups is 1. The van der Waals surface area contributed by atoms with E-state index in [9.17, 15) is 9.00 Å². The summed E-state index contributed by atoms with van der Waals surface area (Å²) in [5, 5.41) is 0. The topological polar surface area (TPSA) is 70.4 Å². The molecule has 1 heterocycles. The highest BCUT2D eigenvalue weighted by Gasteiger charge is 2.11. The maximum atomic E-state index is 13.0. The van der Waals surface area contributed by atoms with E-state index >= 15 is 0 Å². The van der Waals surface area contributed by atoms with Gasteiger partial charge in [-0.05, 0) is 83.0 Å². The third-order valence-electron chi connectivity index (χ3n) is 7.59. The maximum absolute atomic E-state index is 13.0. The molecule has 4 rings (SSSR count). The van der Waals surface area contributed by atoms with Crippen molar-refractivity contribution < 1.29 is 18.5 Å². The van der Waals surface area contributed by atoms with E-state index in [0.717, 1.165) is 71.0 Å². The Hall–Kier alpha value is -3.81. The standard InChI is InChI=1S/C38H46N2O4S/c1-5-7-21-43-22-23-44-36-15-11-31(12-16-36)32-13-19-38(29(3)4)33(25-32)10-14-35(41)24-30-8-17-37(18-9-30)45(42)27-34-26-39-28-40(34)20-6-2/h8-19,25-26,28-29H,5-7,20-24,27H2,1-4H3/b14-10+. The Morgan fingerprint density at radius 1 is 0.933 bits per heavy atom. The SMILES string of the molecule is CCCCOCCOc1ccc(-c2ccc(C(C)C)c(/C=C/C(=O)Cc3ccc(S(=O)Cc4cncn4CCC)cc3)c2)cc1. The van der Waals surface area contributed by atoms with Gasteiger partial charge in [-0.15, -0.1) is 0 Å². The van der Waals surface area contributed by atoms with Gasteiger partial charge in [-0.3, -0.25) is 9.00 Å². The van der Waals surface area contributed by atoms with Gasteiger partial charge in [0, 0.05) is 30.7 Å². The molecule has 1 aromatic heterocycles. The van der Waals surface area contributed by atoms with Gasteiger partial charge < -0.3 is 14.0 Å². The molecule has 4 aromatic rings. The number of unbranched alkanes of at least 4 members (excludes halogenated alkanes) is 1. The second-order valence-electron chi connectivity index (χ2n) is 11.5. The van der Waals surface area contributed by atoms with Crippen LogP contribution in [0.4, 0.5) is 0 Å². The van der Waals surface area contributed by atoms with Crippen molar-refractivity contribution in [2.24, 2.45) is 0 Å². The molecule has 0 saturated carbocycles. The Kier molecular flexibility index (Phi) is 13.3. The lowest BCUT2D eigenvalue weighted by atomic mass is 9.92. The van der Waals surface area contributed by atoms with Crippen molar-refractivity contribution in [2.75, 3.05) is 19.8 Å². The summed E-state index contributed by atoms with van der Waals surface area (Å²) < 4.78 is 26.4.